The SMILES string of the molecule is NCC1CCCN(C(=O)C2CC(F)(F)C2)C1. The van der Waals surface area contributed by atoms with Gasteiger partial charge < -0.3 is 10.6 Å². The Morgan fingerprint density at radius 2 is 2.12 bits per heavy atom. The first-order chi connectivity index (χ1) is 7.52. The molecule has 1 amide bonds. The Morgan fingerprint density at radius 1 is 1.44 bits per heavy atom. The highest BCUT2D eigenvalue weighted by Crippen LogP contribution is 2.43. The second-order valence-electron chi connectivity index (χ2n) is 4.99. The Bertz CT molecular complexity index is 275. The first-order valence-corrected chi connectivity index (χ1v) is 5.88. The second-order valence-corrected chi connectivity index (χ2v) is 4.99. The van der Waals surface area contributed by atoms with Crippen molar-refractivity contribution >= 4 is 5.91 Å². The predicted octanol–water partition coefficient (Wildman–Crippen LogP) is 1.23. The van der Waals surface area contributed by atoms with E-state index in [2.05, 4.69) is 0 Å². The van der Waals surface area contributed by atoms with Gasteiger partial charge in [0, 0.05) is 31.8 Å². The predicted molar refractivity (Wildman–Crippen MR) is 56.0 cm³/mol. The second kappa shape index (κ2) is 4.28. The molecule has 0 aromatic heterocycles. The van der Waals surface area contributed by atoms with Crippen molar-refractivity contribution < 1.29 is 13.6 Å². The number of carbonyl (C=O) groups is 1. The van der Waals surface area contributed by atoms with Crippen LogP contribution in [0.15, 0.2) is 0 Å². The van der Waals surface area contributed by atoms with E-state index >= 15 is 0 Å². The number of carbonyl (C=O) groups excluding carboxylic acids is 1. The zero-order valence-electron chi connectivity index (χ0n) is 9.29. The standard InChI is InChI=1S/C11H18F2N2O/c12-11(13)4-9(5-11)10(16)15-3-1-2-8(6-14)7-15/h8-9H,1-7,14H2. The van der Waals surface area contributed by atoms with Gasteiger partial charge in [-0.3, -0.25) is 4.79 Å². The fourth-order valence-electron chi connectivity index (χ4n) is 2.55. The fourth-order valence-corrected chi connectivity index (χ4v) is 2.55. The number of rotatable bonds is 2. The van der Waals surface area contributed by atoms with Gasteiger partial charge in [0.25, 0.3) is 0 Å². The average molecular weight is 232 g/mol. The number of nitrogens with zero attached hydrogens (tertiary/aromatic N) is 1. The molecule has 0 aromatic rings. The van der Waals surface area contributed by atoms with Crippen LogP contribution in [0.25, 0.3) is 0 Å². The molecule has 1 saturated carbocycles. The molecule has 2 rings (SSSR count). The number of piperidine rings is 1. The highest BCUT2D eigenvalue weighted by atomic mass is 19.3. The third kappa shape index (κ3) is 2.34. The maximum Gasteiger partial charge on any atom is 0.249 e. The molecule has 5 heteroatoms. The van der Waals surface area contributed by atoms with Crippen LogP contribution in [0.5, 0.6) is 0 Å². The number of hydrogen-bond donors (Lipinski definition) is 1. The minimum Gasteiger partial charge on any atom is -0.342 e. The van der Waals surface area contributed by atoms with Crippen LogP contribution in [0.4, 0.5) is 8.78 Å². The Hall–Kier alpha value is -0.710. The van der Waals surface area contributed by atoms with Gasteiger partial charge in [-0.1, -0.05) is 0 Å². The van der Waals surface area contributed by atoms with Crippen LogP contribution < -0.4 is 5.73 Å². The van der Waals surface area contributed by atoms with Gasteiger partial charge in [-0.05, 0) is 25.3 Å². The largest absolute Gasteiger partial charge is 0.342 e. The van der Waals surface area contributed by atoms with Crippen molar-refractivity contribution in [3.63, 3.8) is 0 Å². The van der Waals surface area contributed by atoms with Crippen molar-refractivity contribution in [1.82, 2.24) is 4.90 Å². The molecule has 2 aliphatic rings. The molecule has 2 fully saturated rings. The summed E-state index contributed by atoms with van der Waals surface area (Å²) in [7, 11) is 0. The molecule has 1 aliphatic heterocycles. The Kier molecular flexibility index (Phi) is 3.15. The number of halogens is 2. The average Bonchev–Trinajstić information content (AvgIpc) is 2.25. The Labute approximate surface area is 94.0 Å². The molecule has 0 spiro atoms. The molecule has 0 aromatic carbocycles. The number of likely N-dealkylation sites (tertiary alicyclic amines) is 1. The van der Waals surface area contributed by atoms with Gasteiger partial charge in [-0.2, -0.15) is 0 Å². The quantitative estimate of drug-likeness (QED) is 0.778. The summed E-state index contributed by atoms with van der Waals surface area (Å²) in [5.41, 5.74) is 5.57. The van der Waals surface area contributed by atoms with Gasteiger partial charge in [-0.25, -0.2) is 8.78 Å². The zero-order chi connectivity index (χ0) is 11.8. The summed E-state index contributed by atoms with van der Waals surface area (Å²) in [5.74, 6) is -2.81. The molecule has 1 unspecified atom stereocenters. The molecular weight excluding hydrogens is 214 g/mol. The van der Waals surface area contributed by atoms with Crippen molar-refractivity contribution in [1.29, 1.82) is 0 Å². The van der Waals surface area contributed by atoms with Gasteiger partial charge in [0.2, 0.25) is 11.8 Å². The van der Waals surface area contributed by atoms with Crippen molar-refractivity contribution in [2.75, 3.05) is 19.6 Å². The zero-order valence-corrected chi connectivity index (χ0v) is 9.29. The molecule has 1 atom stereocenters. The number of nitrogens with two attached hydrogens (primary N) is 1. The van der Waals surface area contributed by atoms with Crippen molar-refractivity contribution in [2.45, 2.75) is 31.6 Å². The molecule has 0 radical (unpaired) electrons. The van der Waals surface area contributed by atoms with E-state index < -0.39 is 11.8 Å². The van der Waals surface area contributed by atoms with Gasteiger partial charge in [0.15, 0.2) is 0 Å². The summed E-state index contributed by atoms with van der Waals surface area (Å²) >= 11 is 0. The van der Waals surface area contributed by atoms with Gasteiger partial charge in [0.1, 0.15) is 0 Å². The van der Waals surface area contributed by atoms with Crippen molar-refractivity contribution in [3.05, 3.63) is 0 Å². The van der Waals surface area contributed by atoms with Gasteiger partial charge in [0.05, 0.1) is 0 Å². The molecular formula is C11H18F2N2O. The summed E-state index contributed by atoms with van der Waals surface area (Å²) < 4.78 is 25.3. The highest BCUT2D eigenvalue weighted by Gasteiger charge is 2.49. The summed E-state index contributed by atoms with van der Waals surface area (Å²) in [5, 5.41) is 0. The molecule has 1 heterocycles. The minimum absolute atomic E-state index is 0.0934. The Balaban J connectivity index is 1.85. The smallest absolute Gasteiger partial charge is 0.249 e. The van der Waals surface area contributed by atoms with E-state index in [9.17, 15) is 13.6 Å². The van der Waals surface area contributed by atoms with E-state index in [0.717, 1.165) is 12.8 Å². The highest BCUT2D eigenvalue weighted by molar-refractivity contribution is 5.80. The van der Waals surface area contributed by atoms with Gasteiger partial charge in [-0.15, -0.1) is 0 Å². The summed E-state index contributed by atoms with van der Waals surface area (Å²) in [4.78, 5) is 13.6. The Morgan fingerprint density at radius 3 is 2.69 bits per heavy atom. The van der Waals surface area contributed by atoms with E-state index in [1.807, 2.05) is 0 Å². The van der Waals surface area contributed by atoms with Crippen LogP contribution in [-0.2, 0) is 4.79 Å². The minimum atomic E-state index is -2.61. The van der Waals surface area contributed by atoms with Crippen LogP contribution in [0, 0.1) is 11.8 Å². The number of alkyl halides is 2. The summed E-state index contributed by atoms with van der Waals surface area (Å²) in [6.45, 7) is 1.93. The normalized spacial score (nSPS) is 29.9. The van der Waals surface area contributed by atoms with E-state index in [0.29, 0.717) is 25.6 Å². The monoisotopic (exact) mass is 232 g/mol. The molecule has 16 heavy (non-hydrogen) atoms. The van der Waals surface area contributed by atoms with Crippen LogP contribution >= 0.6 is 0 Å². The molecule has 1 aliphatic carbocycles. The molecule has 3 nitrogen and oxygen atoms in total. The lowest BCUT2D eigenvalue weighted by Crippen LogP contribution is -2.50. The van der Waals surface area contributed by atoms with Crippen molar-refractivity contribution in [3.8, 4) is 0 Å². The number of hydrogen-bond acceptors (Lipinski definition) is 2. The lowest BCUT2D eigenvalue weighted by molar-refractivity contribution is -0.161. The number of amides is 1. The van der Waals surface area contributed by atoms with E-state index in [1.54, 1.807) is 4.90 Å². The fraction of sp³-hybridized carbons (Fsp3) is 0.909. The third-order valence-corrected chi connectivity index (χ3v) is 3.60. The van der Waals surface area contributed by atoms with Crippen molar-refractivity contribution in [2.24, 2.45) is 17.6 Å². The topological polar surface area (TPSA) is 46.3 Å². The molecule has 2 N–H and O–H groups in total. The van der Waals surface area contributed by atoms with Crippen LogP contribution in [0.1, 0.15) is 25.7 Å². The summed E-state index contributed by atoms with van der Waals surface area (Å²) in [6.07, 6.45) is 1.45. The first kappa shape index (κ1) is 11.8. The van der Waals surface area contributed by atoms with Gasteiger partial charge >= 0.3 is 0 Å². The first-order valence-electron chi connectivity index (χ1n) is 5.88. The lowest BCUT2D eigenvalue weighted by Gasteiger charge is -2.40. The summed E-state index contributed by atoms with van der Waals surface area (Å²) in [6, 6.07) is 0. The molecule has 92 valence electrons. The lowest BCUT2D eigenvalue weighted by atomic mass is 9.80. The van der Waals surface area contributed by atoms with E-state index in [1.165, 1.54) is 0 Å². The maximum absolute atomic E-state index is 12.7. The third-order valence-electron chi connectivity index (χ3n) is 3.60. The van der Waals surface area contributed by atoms with E-state index in [4.69, 9.17) is 5.73 Å². The van der Waals surface area contributed by atoms with Crippen LogP contribution in [0.2, 0.25) is 0 Å². The van der Waals surface area contributed by atoms with Crippen LogP contribution in [-0.4, -0.2) is 36.4 Å². The molecule has 1 saturated heterocycles. The maximum atomic E-state index is 12.7. The van der Waals surface area contributed by atoms with E-state index in [-0.39, 0.29) is 18.7 Å². The van der Waals surface area contributed by atoms with Crippen LogP contribution in [0.3, 0.4) is 0 Å². The molecule has 0 bridgehead atoms.